The summed E-state index contributed by atoms with van der Waals surface area (Å²) >= 11 is 3.44. The molecule has 1 aliphatic carbocycles. The average molecular weight is 270 g/mol. The number of hydrogen-bond acceptors (Lipinski definition) is 3. The predicted molar refractivity (Wildman–Crippen MR) is 66.7 cm³/mol. The molecular weight excluding hydrogens is 254 g/mol. The van der Waals surface area contributed by atoms with Crippen LogP contribution in [0.3, 0.4) is 0 Å². The number of rotatable bonds is 4. The van der Waals surface area contributed by atoms with E-state index in [4.69, 9.17) is 5.73 Å². The number of nitrogen functional groups attached to an aromatic ring is 1. The van der Waals surface area contributed by atoms with E-state index in [0.29, 0.717) is 5.69 Å². The van der Waals surface area contributed by atoms with Gasteiger partial charge in [0.1, 0.15) is 5.82 Å². The van der Waals surface area contributed by atoms with Gasteiger partial charge in [-0.15, -0.1) is 0 Å². The fourth-order valence-corrected chi connectivity index (χ4v) is 2.18. The van der Waals surface area contributed by atoms with Crippen molar-refractivity contribution in [2.24, 2.45) is 11.8 Å². The first-order valence-electron chi connectivity index (χ1n) is 5.31. The van der Waals surface area contributed by atoms with Crippen LogP contribution in [0.2, 0.25) is 0 Å². The van der Waals surface area contributed by atoms with Crippen LogP contribution in [0.5, 0.6) is 0 Å². The van der Waals surface area contributed by atoms with Crippen LogP contribution >= 0.6 is 15.9 Å². The fourth-order valence-electron chi connectivity index (χ4n) is 1.67. The SMILES string of the molecule is CC(CNc1ncc(N)cc1Br)C1CC1. The molecule has 0 aromatic carbocycles. The van der Waals surface area contributed by atoms with Gasteiger partial charge in [-0.3, -0.25) is 0 Å². The van der Waals surface area contributed by atoms with E-state index in [9.17, 15) is 0 Å². The molecule has 0 radical (unpaired) electrons. The zero-order chi connectivity index (χ0) is 10.8. The van der Waals surface area contributed by atoms with Crippen molar-refractivity contribution in [1.82, 2.24) is 4.98 Å². The minimum atomic E-state index is 0.683. The Bertz CT molecular complexity index is 350. The molecule has 2 rings (SSSR count). The van der Waals surface area contributed by atoms with E-state index < -0.39 is 0 Å². The van der Waals surface area contributed by atoms with Crippen molar-refractivity contribution in [1.29, 1.82) is 0 Å². The quantitative estimate of drug-likeness (QED) is 0.884. The summed E-state index contributed by atoms with van der Waals surface area (Å²) in [4.78, 5) is 4.25. The third-order valence-corrected chi connectivity index (χ3v) is 3.49. The van der Waals surface area contributed by atoms with Gasteiger partial charge in [-0.2, -0.15) is 0 Å². The van der Waals surface area contributed by atoms with Crippen molar-refractivity contribution in [2.45, 2.75) is 19.8 Å². The molecule has 3 nitrogen and oxygen atoms in total. The van der Waals surface area contributed by atoms with E-state index in [-0.39, 0.29) is 0 Å². The van der Waals surface area contributed by atoms with Gasteiger partial charge in [0.05, 0.1) is 16.4 Å². The van der Waals surface area contributed by atoms with E-state index in [1.165, 1.54) is 12.8 Å². The van der Waals surface area contributed by atoms with Gasteiger partial charge in [-0.05, 0) is 46.7 Å². The molecule has 1 aromatic rings. The number of anilines is 2. The Hall–Kier alpha value is -0.770. The van der Waals surface area contributed by atoms with Crippen molar-refractivity contribution < 1.29 is 0 Å². The van der Waals surface area contributed by atoms with Crippen LogP contribution in [-0.2, 0) is 0 Å². The topological polar surface area (TPSA) is 50.9 Å². The van der Waals surface area contributed by atoms with Crippen molar-refractivity contribution in [3.05, 3.63) is 16.7 Å². The van der Waals surface area contributed by atoms with Crippen molar-refractivity contribution in [2.75, 3.05) is 17.6 Å². The van der Waals surface area contributed by atoms with E-state index in [2.05, 4.69) is 33.2 Å². The van der Waals surface area contributed by atoms with Crippen LogP contribution in [-0.4, -0.2) is 11.5 Å². The highest BCUT2D eigenvalue weighted by Crippen LogP contribution is 2.36. The lowest BCUT2D eigenvalue weighted by Crippen LogP contribution is -2.14. The number of pyridine rings is 1. The molecule has 15 heavy (non-hydrogen) atoms. The molecule has 1 saturated carbocycles. The minimum absolute atomic E-state index is 0.683. The van der Waals surface area contributed by atoms with Crippen LogP contribution in [0.25, 0.3) is 0 Å². The van der Waals surface area contributed by atoms with E-state index >= 15 is 0 Å². The number of halogens is 1. The number of hydrogen-bond donors (Lipinski definition) is 2. The van der Waals surface area contributed by atoms with E-state index in [1.807, 2.05) is 6.07 Å². The number of nitrogens with zero attached hydrogens (tertiary/aromatic N) is 1. The molecule has 4 heteroatoms. The maximum Gasteiger partial charge on any atom is 0.140 e. The normalized spacial score (nSPS) is 17.5. The van der Waals surface area contributed by atoms with Crippen molar-refractivity contribution in [3.63, 3.8) is 0 Å². The second kappa shape index (κ2) is 4.39. The standard InChI is InChI=1S/C11H16BrN3/c1-7(8-2-3-8)5-14-11-10(12)4-9(13)6-15-11/h4,6-8H,2-3,5,13H2,1H3,(H,14,15). The van der Waals surface area contributed by atoms with Crippen LogP contribution in [0, 0.1) is 11.8 Å². The van der Waals surface area contributed by atoms with E-state index in [1.54, 1.807) is 6.20 Å². The lowest BCUT2D eigenvalue weighted by molar-refractivity contribution is 0.536. The number of nitrogens with one attached hydrogen (secondary N) is 1. The highest BCUT2D eigenvalue weighted by Gasteiger charge is 2.27. The molecule has 3 N–H and O–H groups in total. The third-order valence-electron chi connectivity index (χ3n) is 2.88. The Kier molecular flexibility index (Phi) is 3.14. The predicted octanol–water partition coefficient (Wildman–Crippen LogP) is 2.88. The van der Waals surface area contributed by atoms with Crippen LogP contribution < -0.4 is 11.1 Å². The molecule has 0 spiro atoms. The second-order valence-corrected chi connectivity index (χ2v) is 5.15. The molecule has 0 aliphatic heterocycles. The van der Waals surface area contributed by atoms with Gasteiger partial charge in [0.15, 0.2) is 0 Å². The highest BCUT2D eigenvalue weighted by atomic mass is 79.9. The third kappa shape index (κ3) is 2.84. The first-order valence-corrected chi connectivity index (χ1v) is 6.11. The summed E-state index contributed by atoms with van der Waals surface area (Å²) in [6, 6.07) is 1.87. The van der Waals surface area contributed by atoms with Crippen molar-refractivity contribution in [3.8, 4) is 0 Å². The molecule has 0 bridgehead atoms. The summed E-state index contributed by atoms with van der Waals surface area (Å²) in [5.41, 5.74) is 6.30. The minimum Gasteiger partial charge on any atom is -0.397 e. The van der Waals surface area contributed by atoms with Gasteiger partial charge >= 0.3 is 0 Å². The smallest absolute Gasteiger partial charge is 0.140 e. The summed E-state index contributed by atoms with van der Waals surface area (Å²) in [5, 5.41) is 3.35. The van der Waals surface area contributed by atoms with E-state index in [0.717, 1.165) is 28.7 Å². The molecular formula is C11H16BrN3. The Morgan fingerprint density at radius 1 is 1.67 bits per heavy atom. The van der Waals surface area contributed by atoms with Gasteiger partial charge in [0.2, 0.25) is 0 Å². The molecule has 1 atom stereocenters. The molecule has 0 saturated heterocycles. The maximum absolute atomic E-state index is 5.62. The largest absolute Gasteiger partial charge is 0.397 e. The van der Waals surface area contributed by atoms with Crippen LogP contribution in [0.4, 0.5) is 11.5 Å². The average Bonchev–Trinajstić information content (AvgIpc) is 2.99. The Labute approximate surface area is 98.6 Å². The van der Waals surface area contributed by atoms with Gasteiger partial charge in [0, 0.05) is 6.54 Å². The maximum atomic E-state index is 5.62. The molecule has 1 heterocycles. The summed E-state index contributed by atoms with van der Waals surface area (Å²) in [6.07, 6.45) is 4.45. The lowest BCUT2D eigenvalue weighted by atomic mass is 10.1. The summed E-state index contributed by atoms with van der Waals surface area (Å²) < 4.78 is 0.936. The lowest BCUT2D eigenvalue weighted by Gasteiger charge is -2.13. The van der Waals surface area contributed by atoms with Crippen LogP contribution in [0.15, 0.2) is 16.7 Å². The fraction of sp³-hybridized carbons (Fsp3) is 0.545. The number of aromatic nitrogens is 1. The molecule has 1 unspecified atom stereocenters. The Balaban J connectivity index is 1.92. The summed E-state index contributed by atoms with van der Waals surface area (Å²) in [7, 11) is 0. The molecule has 0 amide bonds. The molecule has 1 fully saturated rings. The van der Waals surface area contributed by atoms with Gasteiger partial charge < -0.3 is 11.1 Å². The Morgan fingerprint density at radius 3 is 3.00 bits per heavy atom. The Morgan fingerprint density at radius 2 is 2.40 bits per heavy atom. The zero-order valence-electron chi connectivity index (χ0n) is 8.83. The molecule has 82 valence electrons. The summed E-state index contributed by atoms with van der Waals surface area (Å²) in [6.45, 7) is 3.27. The highest BCUT2D eigenvalue weighted by molar-refractivity contribution is 9.10. The van der Waals surface area contributed by atoms with Gasteiger partial charge in [0.25, 0.3) is 0 Å². The second-order valence-electron chi connectivity index (χ2n) is 4.29. The number of nitrogens with two attached hydrogens (primary N) is 1. The van der Waals surface area contributed by atoms with Crippen molar-refractivity contribution >= 4 is 27.4 Å². The van der Waals surface area contributed by atoms with Crippen LogP contribution in [0.1, 0.15) is 19.8 Å². The first-order chi connectivity index (χ1) is 7.16. The summed E-state index contributed by atoms with van der Waals surface area (Å²) in [5.74, 6) is 2.54. The molecule has 1 aliphatic rings. The van der Waals surface area contributed by atoms with Gasteiger partial charge in [-0.1, -0.05) is 6.92 Å². The molecule has 1 aromatic heterocycles. The van der Waals surface area contributed by atoms with Gasteiger partial charge in [-0.25, -0.2) is 4.98 Å². The zero-order valence-corrected chi connectivity index (χ0v) is 10.4. The first kappa shape index (κ1) is 10.7. The monoisotopic (exact) mass is 269 g/mol.